The molecule has 2 aromatic heterocycles. The van der Waals surface area contributed by atoms with Crippen LogP contribution >= 0.6 is 0 Å². The van der Waals surface area contributed by atoms with Crippen molar-refractivity contribution in [3.8, 4) is 11.3 Å². The molecule has 0 saturated carbocycles. The standard InChI is InChI=1S/C21H31N5.C3H8.CH4O/c1-12(2)17-11-10-16(20(22-8)24-17)19-15(7)23-21(26(9)14(5)6)18(25-19)13(3)4;1-3-2;1-2/h10-12,14H,3H2,1-2,4-9H3,(H,22,24);3H2,1-2H3;2H,1H3. The van der Waals surface area contributed by atoms with E-state index in [1.807, 2.05) is 27.9 Å². The van der Waals surface area contributed by atoms with Crippen LogP contribution < -0.4 is 10.2 Å². The summed E-state index contributed by atoms with van der Waals surface area (Å²) in [5.41, 5.74) is 5.48. The molecule has 0 atom stereocenters. The first-order chi connectivity index (χ1) is 14.6. The van der Waals surface area contributed by atoms with Gasteiger partial charge in [-0.2, -0.15) is 0 Å². The number of aliphatic hydroxyl groups excluding tert-OH is 1. The molecule has 6 heteroatoms. The smallest absolute Gasteiger partial charge is 0.155 e. The number of nitrogens with zero attached hydrogens (tertiary/aromatic N) is 4. The summed E-state index contributed by atoms with van der Waals surface area (Å²) in [6, 6.07) is 4.47. The molecule has 0 fully saturated rings. The average Bonchev–Trinajstić information content (AvgIpc) is 2.74. The van der Waals surface area contributed by atoms with Crippen LogP contribution in [0.5, 0.6) is 0 Å². The molecule has 6 nitrogen and oxygen atoms in total. The van der Waals surface area contributed by atoms with Crippen LogP contribution in [0.3, 0.4) is 0 Å². The number of hydrogen-bond acceptors (Lipinski definition) is 6. The molecule has 0 aliphatic carbocycles. The Morgan fingerprint density at radius 1 is 1.10 bits per heavy atom. The van der Waals surface area contributed by atoms with Crippen molar-refractivity contribution in [2.24, 2.45) is 0 Å². The number of allylic oxidation sites excluding steroid dienone is 1. The van der Waals surface area contributed by atoms with Gasteiger partial charge in [0, 0.05) is 38.5 Å². The summed E-state index contributed by atoms with van der Waals surface area (Å²) in [5.74, 6) is 2.06. The van der Waals surface area contributed by atoms with Gasteiger partial charge in [-0.3, -0.25) is 0 Å². The lowest BCUT2D eigenvalue weighted by Gasteiger charge is -2.26. The van der Waals surface area contributed by atoms with Crippen molar-refractivity contribution in [2.75, 3.05) is 31.4 Å². The predicted octanol–water partition coefficient (Wildman–Crippen LogP) is 5.91. The third kappa shape index (κ3) is 7.62. The van der Waals surface area contributed by atoms with Gasteiger partial charge in [-0.15, -0.1) is 0 Å². The van der Waals surface area contributed by atoms with Gasteiger partial charge in [-0.25, -0.2) is 15.0 Å². The third-order valence-electron chi connectivity index (χ3n) is 4.56. The fourth-order valence-corrected chi connectivity index (χ4v) is 2.72. The summed E-state index contributed by atoms with van der Waals surface area (Å²) >= 11 is 0. The SMILES string of the molecule is C=C(C)c1nc(-c2ccc(C(C)C)nc2NC)c(C)nc1N(C)C(C)C.CCC.CO. The number of hydrogen-bond donors (Lipinski definition) is 2. The summed E-state index contributed by atoms with van der Waals surface area (Å²) < 4.78 is 0. The van der Waals surface area contributed by atoms with Crippen LogP contribution in [0, 0.1) is 6.92 Å². The Morgan fingerprint density at radius 2 is 1.65 bits per heavy atom. The summed E-state index contributed by atoms with van der Waals surface area (Å²) in [6.07, 6.45) is 1.25. The topological polar surface area (TPSA) is 74.2 Å². The monoisotopic (exact) mass is 429 g/mol. The van der Waals surface area contributed by atoms with E-state index in [4.69, 9.17) is 20.1 Å². The third-order valence-corrected chi connectivity index (χ3v) is 4.56. The Morgan fingerprint density at radius 3 is 2.06 bits per heavy atom. The molecule has 0 spiro atoms. The lowest BCUT2D eigenvalue weighted by molar-refractivity contribution is 0.399. The lowest BCUT2D eigenvalue weighted by atomic mass is 10.1. The Bertz CT molecular complexity index is 831. The van der Waals surface area contributed by atoms with E-state index in [0.29, 0.717) is 12.0 Å². The van der Waals surface area contributed by atoms with E-state index in [1.54, 1.807) is 0 Å². The van der Waals surface area contributed by atoms with Gasteiger partial charge in [0.05, 0.1) is 11.4 Å². The molecule has 2 N–H and O–H groups in total. The van der Waals surface area contributed by atoms with Crippen molar-refractivity contribution in [1.82, 2.24) is 15.0 Å². The van der Waals surface area contributed by atoms with Crippen LogP contribution in [0.15, 0.2) is 18.7 Å². The van der Waals surface area contributed by atoms with Crippen molar-refractivity contribution in [2.45, 2.75) is 73.8 Å². The first-order valence-electron chi connectivity index (χ1n) is 11.0. The van der Waals surface area contributed by atoms with Crippen LogP contribution in [-0.2, 0) is 0 Å². The van der Waals surface area contributed by atoms with Gasteiger partial charge in [0.25, 0.3) is 0 Å². The van der Waals surface area contributed by atoms with Crippen molar-refractivity contribution in [1.29, 1.82) is 0 Å². The van der Waals surface area contributed by atoms with E-state index >= 15 is 0 Å². The highest BCUT2D eigenvalue weighted by Crippen LogP contribution is 2.32. The van der Waals surface area contributed by atoms with Crippen LogP contribution in [0.25, 0.3) is 16.8 Å². The average molecular weight is 430 g/mol. The van der Waals surface area contributed by atoms with Crippen LogP contribution in [0.2, 0.25) is 0 Å². The Hall–Kier alpha value is -2.47. The number of aliphatic hydroxyl groups is 1. The van der Waals surface area contributed by atoms with Crippen molar-refractivity contribution >= 4 is 17.2 Å². The fraction of sp³-hybridized carbons (Fsp3) is 0.560. The van der Waals surface area contributed by atoms with Crippen molar-refractivity contribution in [3.05, 3.63) is 35.8 Å². The normalized spacial score (nSPS) is 10.1. The number of nitrogens with one attached hydrogen (secondary N) is 1. The zero-order valence-corrected chi connectivity index (χ0v) is 21.5. The van der Waals surface area contributed by atoms with Gasteiger partial charge < -0.3 is 15.3 Å². The summed E-state index contributed by atoms with van der Waals surface area (Å²) in [7, 11) is 4.93. The number of aryl methyl sites for hydroxylation is 1. The summed E-state index contributed by atoms with van der Waals surface area (Å²) in [5, 5.41) is 10.2. The maximum Gasteiger partial charge on any atom is 0.155 e. The number of pyridine rings is 1. The summed E-state index contributed by atoms with van der Waals surface area (Å²) in [6.45, 7) is 20.9. The molecule has 0 aliphatic heterocycles. The second-order valence-electron chi connectivity index (χ2n) is 8.06. The zero-order chi connectivity index (χ0) is 24.3. The Balaban J connectivity index is 0.00000165. The Labute approximate surface area is 189 Å². The molecule has 174 valence electrons. The minimum Gasteiger partial charge on any atom is -0.400 e. The minimum absolute atomic E-state index is 0.326. The van der Waals surface area contributed by atoms with Crippen molar-refractivity contribution < 1.29 is 5.11 Å². The van der Waals surface area contributed by atoms with Gasteiger partial charge in [-0.1, -0.05) is 40.7 Å². The van der Waals surface area contributed by atoms with Crippen molar-refractivity contribution in [3.63, 3.8) is 0 Å². The maximum absolute atomic E-state index is 7.00. The molecule has 2 aromatic rings. The first-order valence-corrected chi connectivity index (χ1v) is 11.0. The fourth-order valence-electron chi connectivity index (χ4n) is 2.72. The van der Waals surface area contributed by atoms with E-state index in [1.165, 1.54) is 6.42 Å². The van der Waals surface area contributed by atoms with Crippen LogP contribution in [-0.4, -0.2) is 47.3 Å². The largest absolute Gasteiger partial charge is 0.400 e. The molecule has 0 saturated heterocycles. The van der Waals surface area contributed by atoms with Gasteiger partial charge in [0.1, 0.15) is 11.5 Å². The molecule has 31 heavy (non-hydrogen) atoms. The first kappa shape index (κ1) is 28.5. The van der Waals surface area contributed by atoms with Gasteiger partial charge in [-0.05, 0) is 51.3 Å². The second kappa shape index (κ2) is 13.8. The number of anilines is 2. The number of rotatable bonds is 6. The quantitative estimate of drug-likeness (QED) is 0.594. The molecule has 0 unspecified atom stereocenters. The van der Waals surface area contributed by atoms with E-state index in [2.05, 4.69) is 70.5 Å². The second-order valence-corrected chi connectivity index (χ2v) is 8.06. The lowest BCUT2D eigenvalue weighted by Crippen LogP contribution is -2.28. The molecule has 0 aliphatic rings. The highest BCUT2D eigenvalue weighted by Gasteiger charge is 2.20. The molecule has 0 radical (unpaired) electrons. The molecule has 0 aromatic carbocycles. The number of aromatic nitrogens is 3. The molecular weight excluding hydrogens is 386 g/mol. The van der Waals surface area contributed by atoms with Gasteiger partial charge >= 0.3 is 0 Å². The maximum atomic E-state index is 7.00. The van der Waals surface area contributed by atoms with E-state index in [9.17, 15) is 0 Å². The zero-order valence-electron chi connectivity index (χ0n) is 21.5. The predicted molar refractivity (Wildman–Crippen MR) is 136 cm³/mol. The molecule has 0 amide bonds. The molecule has 0 bridgehead atoms. The Kier molecular flexibility index (Phi) is 12.7. The van der Waals surface area contributed by atoms with E-state index in [-0.39, 0.29) is 0 Å². The molecule has 2 rings (SSSR count). The van der Waals surface area contributed by atoms with Crippen LogP contribution in [0.4, 0.5) is 11.6 Å². The van der Waals surface area contributed by atoms with Crippen LogP contribution in [0.1, 0.15) is 77.9 Å². The summed E-state index contributed by atoms with van der Waals surface area (Å²) in [4.78, 5) is 16.7. The highest BCUT2D eigenvalue weighted by atomic mass is 16.2. The van der Waals surface area contributed by atoms with E-state index < -0.39 is 0 Å². The van der Waals surface area contributed by atoms with Gasteiger partial charge in [0.2, 0.25) is 0 Å². The highest BCUT2D eigenvalue weighted by molar-refractivity contribution is 5.78. The molecular formula is C25H43N5O. The minimum atomic E-state index is 0.326. The molecule has 2 heterocycles. The van der Waals surface area contributed by atoms with Gasteiger partial charge in [0.15, 0.2) is 5.82 Å². The van der Waals surface area contributed by atoms with E-state index in [0.717, 1.165) is 52.7 Å².